The second-order valence-electron chi connectivity index (χ2n) is 3.44. The maximum absolute atomic E-state index is 13.1. The molecule has 102 valence electrons. The Labute approximate surface area is 107 Å². The molecular formula is C11H11FN2O5. The molecule has 1 aromatic rings. The number of rotatable bonds is 5. The van der Waals surface area contributed by atoms with Crippen molar-refractivity contribution in [3.63, 3.8) is 0 Å². The first-order valence-electron chi connectivity index (χ1n) is 5.33. The summed E-state index contributed by atoms with van der Waals surface area (Å²) < 4.78 is 17.7. The van der Waals surface area contributed by atoms with E-state index in [4.69, 9.17) is 0 Å². The molecule has 0 fully saturated rings. The van der Waals surface area contributed by atoms with Crippen molar-refractivity contribution in [3.05, 3.63) is 39.7 Å². The summed E-state index contributed by atoms with van der Waals surface area (Å²) >= 11 is 0. The zero-order valence-corrected chi connectivity index (χ0v) is 10.0. The number of nitro groups is 1. The second kappa shape index (κ2) is 6.43. The molecule has 0 aliphatic carbocycles. The van der Waals surface area contributed by atoms with Crippen LogP contribution in [0.25, 0.3) is 0 Å². The van der Waals surface area contributed by atoms with Gasteiger partial charge in [0.05, 0.1) is 17.6 Å². The lowest BCUT2D eigenvalue weighted by molar-refractivity contribution is -0.385. The molecule has 0 spiro atoms. The Kier molecular flexibility index (Phi) is 4.92. The second-order valence-corrected chi connectivity index (χ2v) is 3.44. The fourth-order valence-electron chi connectivity index (χ4n) is 1.28. The number of esters is 1. The monoisotopic (exact) mass is 270 g/mol. The number of carbonyl (C=O) groups is 2. The first kappa shape index (κ1) is 14.6. The molecule has 0 saturated heterocycles. The number of non-ortho nitro benzene ring substituents is 1. The molecule has 1 aromatic carbocycles. The summed E-state index contributed by atoms with van der Waals surface area (Å²) in [6.45, 7) is 1.38. The fourth-order valence-corrected chi connectivity index (χ4v) is 1.28. The average molecular weight is 270 g/mol. The average Bonchev–Trinajstić information content (AvgIpc) is 2.35. The number of ether oxygens (including phenoxy) is 1. The van der Waals surface area contributed by atoms with Crippen LogP contribution < -0.4 is 5.32 Å². The third kappa shape index (κ3) is 4.34. The minimum absolute atomic E-state index is 0.167. The highest BCUT2D eigenvalue weighted by Gasteiger charge is 2.15. The van der Waals surface area contributed by atoms with Crippen LogP contribution >= 0.6 is 0 Å². The zero-order chi connectivity index (χ0) is 14.4. The Bertz CT molecular complexity index is 518. The molecule has 0 atom stereocenters. The third-order valence-electron chi connectivity index (χ3n) is 2.05. The number of hydrogen-bond donors (Lipinski definition) is 1. The lowest BCUT2D eigenvalue weighted by Crippen LogP contribution is -2.30. The first-order chi connectivity index (χ1) is 8.93. The van der Waals surface area contributed by atoms with Gasteiger partial charge >= 0.3 is 5.97 Å². The molecule has 0 unspecified atom stereocenters. The van der Waals surface area contributed by atoms with E-state index in [2.05, 4.69) is 10.1 Å². The Morgan fingerprint density at radius 2 is 2.11 bits per heavy atom. The highest BCUT2D eigenvalue weighted by atomic mass is 19.1. The predicted octanol–water partition coefficient (Wildman–Crippen LogP) is 1.03. The van der Waals surface area contributed by atoms with Crippen LogP contribution in [-0.4, -0.2) is 30.0 Å². The predicted molar refractivity (Wildman–Crippen MR) is 62.0 cm³/mol. The van der Waals surface area contributed by atoms with Gasteiger partial charge in [-0.3, -0.25) is 19.7 Å². The summed E-state index contributed by atoms with van der Waals surface area (Å²) in [7, 11) is 0. The normalized spacial score (nSPS) is 9.79. The van der Waals surface area contributed by atoms with Crippen LogP contribution in [0.3, 0.4) is 0 Å². The van der Waals surface area contributed by atoms with Crippen LogP contribution in [0, 0.1) is 15.9 Å². The van der Waals surface area contributed by atoms with Gasteiger partial charge in [0.2, 0.25) is 0 Å². The van der Waals surface area contributed by atoms with Crippen molar-refractivity contribution < 1.29 is 23.6 Å². The molecular weight excluding hydrogens is 259 g/mol. The third-order valence-corrected chi connectivity index (χ3v) is 2.05. The van der Waals surface area contributed by atoms with E-state index in [9.17, 15) is 24.1 Å². The van der Waals surface area contributed by atoms with Crippen molar-refractivity contribution >= 4 is 17.6 Å². The van der Waals surface area contributed by atoms with Gasteiger partial charge in [-0.1, -0.05) is 0 Å². The largest absolute Gasteiger partial charge is 0.465 e. The molecule has 19 heavy (non-hydrogen) atoms. The molecule has 7 nitrogen and oxygen atoms in total. The number of nitro benzene ring substituents is 1. The van der Waals surface area contributed by atoms with E-state index in [1.807, 2.05) is 0 Å². The number of amides is 1. The molecule has 1 N–H and O–H groups in total. The summed E-state index contributed by atoms with van der Waals surface area (Å²) in [5.74, 6) is -2.35. The summed E-state index contributed by atoms with van der Waals surface area (Å²) in [5.41, 5.74) is -0.780. The number of halogens is 1. The van der Waals surface area contributed by atoms with Crippen molar-refractivity contribution in [1.82, 2.24) is 5.32 Å². The first-order valence-corrected chi connectivity index (χ1v) is 5.33. The van der Waals surface area contributed by atoms with Gasteiger partial charge in [0.15, 0.2) is 0 Å². The van der Waals surface area contributed by atoms with Crippen molar-refractivity contribution in [2.24, 2.45) is 0 Å². The maximum Gasteiger partial charge on any atom is 0.325 e. The van der Waals surface area contributed by atoms with Crippen LogP contribution in [0.2, 0.25) is 0 Å². The van der Waals surface area contributed by atoms with Crippen LogP contribution in [0.5, 0.6) is 0 Å². The number of benzene rings is 1. The molecule has 0 heterocycles. The Balaban J connectivity index is 2.77. The number of carbonyl (C=O) groups excluding carboxylic acids is 2. The van der Waals surface area contributed by atoms with Gasteiger partial charge in [0.1, 0.15) is 12.4 Å². The van der Waals surface area contributed by atoms with Gasteiger partial charge in [0, 0.05) is 11.6 Å². The molecule has 1 amide bonds. The summed E-state index contributed by atoms with van der Waals surface area (Å²) in [5, 5.41) is 12.7. The molecule has 0 aromatic heterocycles. The highest BCUT2D eigenvalue weighted by Crippen LogP contribution is 2.16. The van der Waals surface area contributed by atoms with E-state index in [1.54, 1.807) is 6.92 Å². The van der Waals surface area contributed by atoms with Gasteiger partial charge in [0.25, 0.3) is 11.6 Å². The summed E-state index contributed by atoms with van der Waals surface area (Å²) in [6.07, 6.45) is 0. The molecule has 0 saturated carbocycles. The van der Waals surface area contributed by atoms with Crippen LogP contribution in [-0.2, 0) is 9.53 Å². The molecule has 0 aliphatic rings. The lowest BCUT2D eigenvalue weighted by atomic mass is 10.2. The zero-order valence-electron chi connectivity index (χ0n) is 10.0. The molecule has 0 bridgehead atoms. The fraction of sp³-hybridized carbons (Fsp3) is 0.273. The van der Waals surface area contributed by atoms with Crippen molar-refractivity contribution in [1.29, 1.82) is 0 Å². The summed E-state index contributed by atoms with van der Waals surface area (Å²) in [6, 6.07) is 2.46. The van der Waals surface area contributed by atoms with E-state index in [-0.39, 0.29) is 12.2 Å². The van der Waals surface area contributed by atoms with Crippen LogP contribution in [0.4, 0.5) is 10.1 Å². The van der Waals surface area contributed by atoms with E-state index in [1.165, 1.54) is 0 Å². The quantitative estimate of drug-likeness (QED) is 0.489. The van der Waals surface area contributed by atoms with Crippen LogP contribution in [0.15, 0.2) is 18.2 Å². The van der Waals surface area contributed by atoms with Gasteiger partial charge in [-0.25, -0.2) is 4.39 Å². The number of nitrogens with one attached hydrogen (secondary N) is 1. The minimum atomic E-state index is -0.907. The Morgan fingerprint density at radius 3 is 2.68 bits per heavy atom. The van der Waals surface area contributed by atoms with Gasteiger partial charge in [-0.05, 0) is 13.0 Å². The Hall–Kier alpha value is -2.51. The number of nitrogens with zero attached hydrogens (tertiary/aromatic N) is 1. The van der Waals surface area contributed by atoms with E-state index in [0.717, 1.165) is 12.1 Å². The maximum atomic E-state index is 13.1. The van der Waals surface area contributed by atoms with Gasteiger partial charge in [-0.2, -0.15) is 0 Å². The van der Waals surface area contributed by atoms with Crippen molar-refractivity contribution in [2.45, 2.75) is 6.92 Å². The topological polar surface area (TPSA) is 98.5 Å². The molecule has 0 radical (unpaired) electrons. The highest BCUT2D eigenvalue weighted by molar-refractivity contribution is 5.96. The smallest absolute Gasteiger partial charge is 0.325 e. The number of hydrogen-bond acceptors (Lipinski definition) is 5. The van der Waals surface area contributed by atoms with Gasteiger partial charge in [-0.15, -0.1) is 0 Å². The van der Waals surface area contributed by atoms with Crippen molar-refractivity contribution in [2.75, 3.05) is 13.2 Å². The molecule has 0 aliphatic heterocycles. The van der Waals surface area contributed by atoms with Gasteiger partial charge < -0.3 is 10.1 Å². The van der Waals surface area contributed by atoms with E-state index in [0.29, 0.717) is 6.07 Å². The Morgan fingerprint density at radius 1 is 1.42 bits per heavy atom. The molecule has 1 rings (SSSR count). The summed E-state index contributed by atoms with van der Waals surface area (Å²) in [4.78, 5) is 32.3. The van der Waals surface area contributed by atoms with E-state index >= 15 is 0 Å². The minimum Gasteiger partial charge on any atom is -0.465 e. The standard InChI is InChI=1S/C11H11FN2O5/c1-2-19-10(15)6-13-11(16)7-3-8(12)5-9(4-7)14(17)18/h3-5H,2,6H2,1H3,(H,13,16). The van der Waals surface area contributed by atoms with Crippen molar-refractivity contribution in [3.8, 4) is 0 Å². The molecule has 8 heteroatoms. The lowest BCUT2D eigenvalue weighted by Gasteiger charge is -2.05. The van der Waals surface area contributed by atoms with E-state index < -0.39 is 34.8 Å². The SMILES string of the molecule is CCOC(=O)CNC(=O)c1cc(F)cc([N+](=O)[O-])c1. The van der Waals surface area contributed by atoms with Crippen LogP contribution in [0.1, 0.15) is 17.3 Å².